The summed E-state index contributed by atoms with van der Waals surface area (Å²) >= 11 is 3.34. The molecule has 0 saturated carbocycles. The van der Waals surface area contributed by atoms with Crippen LogP contribution < -0.4 is 14.9 Å². The fraction of sp³-hybridized carbons (Fsp3) is 0.176. The number of ether oxygens (including phenoxy) is 2. The highest BCUT2D eigenvalue weighted by atomic mass is 79.9. The third kappa shape index (κ3) is 5.10. The van der Waals surface area contributed by atoms with Crippen LogP contribution in [0, 0.1) is 0 Å². The number of nitrogens with zero attached hydrogens (tertiary/aromatic N) is 1. The standard InChI is InChI=1S/C17H17BrN2O3/c1-12(23-15-9-7-14(18)8-10-15)17(21)20-19-11-13-5-3-4-6-16(13)22-2/h3-12H,1-2H3,(H,20,21)/b19-11-/t12-/m0/s1. The second-order valence-corrected chi connectivity index (χ2v) is 5.61. The molecular weight excluding hydrogens is 360 g/mol. The first-order valence-electron chi connectivity index (χ1n) is 6.98. The summed E-state index contributed by atoms with van der Waals surface area (Å²) in [5, 5.41) is 3.93. The normalized spacial score (nSPS) is 12.0. The summed E-state index contributed by atoms with van der Waals surface area (Å²) in [4.78, 5) is 12.0. The molecule has 23 heavy (non-hydrogen) atoms. The van der Waals surface area contributed by atoms with Gasteiger partial charge in [-0.2, -0.15) is 5.10 Å². The van der Waals surface area contributed by atoms with Crippen LogP contribution in [0.4, 0.5) is 0 Å². The maximum atomic E-state index is 12.0. The average Bonchev–Trinajstić information content (AvgIpc) is 2.57. The number of benzene rings is 2. The van der Waals surface area contributed by atoms with Crippen LogP contribution in [-0.4, -0.2) is 25.3 Å². The van der Waals surface area contributed by atoms with E-state index in [4.69, 9.17) is 9.47 Å². The van der Waals surface area contributed by atoms with Crippen molar-refractivity contribution in [1.82, 2.24) is 5.43 Å². The molecule has 1 N–H and O–H groups in total. The molecule has 1 atom stereocenters. The Balaban J connectivity index is 1.90. The van der Waals surface area contributed by atoms with Crippen molar-refractivity contribution in [1.29, 1.82) is 0 Å². The van der Waals surface area contributed by atoms with E-state index < -0.39 is 6.10 Å². The van der Waals surface area contributed by atoms with Gasteiger partial charge in [-0.05, 0) is 43.3 Å². The predicted molar refractivity (Wildman–Crippen MR) is 93.0 cm³/mol. The summed E-state index contributed by atoms with van der Waals surface area (Å²) < 4.78 is 11.7. The molecule has 1 amide bonds. The number of methoxy groups -OCH3 is 1. The average molecular weight is 377 g/mol. The first kappa shape index (κ1) is 17.0. The molecule has 0 aliphatic carbocycles. The van der Waals surface area contributed by atoms with Gasteiger partial charge in [-0.1, -0.05) is 28.1 Å². The molecule has 0 aromatic heterocycles. The van der Waals surface area contributed by atoms with Crippen LogP contribution in [0.3, 0.4) is 0 Å². The Morgan fingerprint density at radius 1 is 1.22 bits per heavy atom. The van der Waals surface area contributed by atoms with E-state index in [1.807, 2.05) is 36.4 Å². The number of hydrazone groups is 1. The van der Waals surface area contributed by atoms with E-state index in [0.717, 1.165) is 10.0 Å². The fourth-order valence-corrected chi connectivity index (χ4v) is 2.06. The van der Waals surface area contributed by atoms with Crippen LogP contribution in [0.5, 0.6) is 11.5 Å². The van der Waals surface area contributed by atoms with Crippen molar-refractivity contribution < 1.29 is 14.3 Å². The largest absolute Gasteiger partial charge is 0.496 e. The monoisotopic (exact) mass is 376 g/mol. The van der Waals surface area contributed by atoms with Crippen LogP contribution in [-0.2, 0) is 4.79 Å². The molecule has 0 bridgehead atoms. The van der Waals surface area contributed by atoms with Crippen LogP contribution in [0.2, 0.25) is 0 Å². The summed E-state index contributed by atoms with van der Waals surface area (Å²) in [6.45, 7) is 1.66. The molecule has 0 aliphatic rings. The molecule has 6 heteroatoms. The summed E-state index contributed by atoms with van der Waals surface area (Å²) in [6.07, 6.45) is 0.870. The lowest BCUT2D eigenvalue weighted by Crippen LogP contribution is -2.33. The maximum absolute atomic E-state index is 12.0. The van der Waals surface area contributed by atoms with Crippen molar-refractivity contribution >= 4 is 28.1 Å². The summed E-state index contributed by atoms with van der Waals surface area (Å²) in [5.74, 6) is 0.966. The highest BCUT2D eigenvalue weighted by Gasteiger charge is 2.13. The third-order valence-corrected chi connectivity index (χ3v) is 3.54. The smallest absolute Gasteiger partial charge is 0.280 e. The van der Waals surface area contributed by atoms with Gasteiger partial charge in [0.2, 0.25) is 0 Å². The second kappa shape index (κ2) is 8.33. The Morgan fingerprint density at radius 3 is 2.61 bits per heavy atom. The molecule has 0 fully saturated rings. The minimum atomic E-state index is -0.661. The first-order chi connectivity index (χ1) is 11.1. The van der Waals surface area contributed by atoms with Gasteiger partial charge in [0.15, 0.2) is 6.10 Å². The number of halogens is 1. The molecule has 0 saturated heterocycles. The summed E-state index contributed by atoms with van der Waals surface area (Å²) in [5.41, 5.74) is 3.23. The van der Waals surface area contributed by atoms with Gasteiger partial charge in [0.25, 0.3) is 5.91 Å². The Kier molecular flexibility index (Phi) is 6.17. The first-order valence-corrected chi connectivity index (χ1v) is 7.77. The number of hydrogen-bond donors (Lipinski definition) is 1. The number of carbonyl (C=O) groups excluding carboxylic acids is 1. The van der Waals surface area contributed by atoms with E-state index >= 15 is 0 Å². The van der Waals surface area contributed by atoms with Gasteiger partial charge in [0.1, 0.15) is 11.5 Å². The highest BCUT2D eigenvalue weighted by molar-refractivity contribution is 9.10. The van der Waals surface area contributed by atoms with Gasteiger partial charge in [0, 0.05) is 10.0 Å². The van der Waals surface area contributed by atoms with E-state index in [9.17, 15) is 4.79 Å². The quantitative estimate of drug-likeness (QED) is 0.620. The van der Waals surface area contributed by atoms with E-state index in [0.29, 0.717) is 11.5 Å². The molecular formula is C17H17BrN2O3. The summed E-state index contributed by atoms with van der Waals surface area (Å²) in [7, 11) is 1.58. The van der Waals surface area contributed by atoms with Crippen LogP contribution in [0.15, 0.2) is 58.1 Å². The SMILES string of the molecule is COc1ccccc1/C=N\NC(=O)[C@H](C)Oc1ccc(Br)cc1. The maximum Gasteiger partial charge on any atom is 0.280 e. The van der Waals surface area contributed by atoms with Gasteiger partial charge in [-0.25, -0.2) is 5.43 Å². The summed E-state index contributed by atoms with van der Waals surface area (Å²) in [6, 6.07) is 14.7. The number of amides is 1. The van der Waals surface area contributed by atoms with Gasteiger partial charge >= 0.3 is 0 Å². The Morgan fingerprint density at radius 2 is 1.91 bits per heavy atom. The van der Waals surface area contributed by atoms with Crippen molar-refractivity contribution in [3.05, 3.63) is 58.6 Å². The minimum absolute atomic E-state index is 0.334. The Bertz CT molecular complexity index is 686. The minimum Gasteiger partial charge on any atom is -0.496 e. The lowest BCUT2D eigenvalue weighted by molar-refractivity contribution is -0.127. The van der Waals surface area contributed by atoms with E-state index in [1.165, 1.54) is 6.21 Å². The predicted octanol–water partition coefficient (Wildman–Crippen LogP) is 3.38. The second-order valence-electron chi connectivity index (χ2n) is 4.69. The van der Waals surface area contributed by atoms with Crippen molar-refractivity contribution in [2.75, 3.05) is 7.11 Å². The van der Waals surface area contributed by atoms with Crippen LogP contribution >= 0.6 is 15.9 Å². The number of nitrogens with one attached hydrogen (secondary N) is 1. The molecule has 0 radical (unpaired) electrons. The number of para-hydroxylation sites is 1. The lowest BCUT2D eigenvalue weighted by atomic mass is 10.2. The molecule has 2 rings (SSSR count). The molecule has 120 valence electrons. The van der Waals surface area contributed by atoms with Crippen molar-refractivity contribution in [2.45, 2.75) is 13.0 Å². The zero-order valence-corrected chi connectivity index (χ0v) is 14.4. The molecule has 0 aliphatic heterocycles. The topological polar surface area (TPSA) is 59.9 Å². The van der Waals surface area contributed by atoms with E-state index in [1.54, 1.807) is 26.2 Å². The number of carbonyl (C=O) groups is 1. The van der Waals surface area contributed by atoms with E-state index in [-0.39, 0.29) is 5.91 Å². The van der Waals surface area contributed by atoms with Gasteiger partial charge in [-0.3, -0.25) is 4.79 Å². The highest BCUT2D eigenvalue weighted by Crippen LogP contribution is 2.17. The van der Waals surface area contributed by atoms with Crippen molar-refractivity contribution in [3.8, 4) is 11.5 Å². The van der Waals surface area contributed by atoms with Gasteiger partial charge < -0.3 is 9.47 Å². The molecule has 5 nitrogen and oxygen atoms in total. The van der Waals surface area contributed by atoms with Gasteiger partial charge in [0.05, 0.1) is 13.3 Å². The third-order valence-electron chi connectivity index (χ3n) is 3.01. The van der Waals surface area contributed by atoms with Crippen molar-refractivity contribution in [3.63, 3.8) is 0 Å². The van der Waals surface area contributed by atoms with Crippen LogP contribution in [0.25, 0.3) is 0 Å². The zero-order chi connectivity index (χ0) is 16.7. The fourth-order valence-electron chi connectivity index (χ4n) is 1.80. The lowest BCUT2D eigenvalue weighted by Gasteiger charge is -2.12. The Hall–Kier alpha value is -2.34. The van der Waals surface area contributed by atoms with Gasteiger partial charge in [-0.15, -0.1) is 0 Å². The number of hydrogen-bond acceptors (Lipinski definition) is 4. The molecule has 0 heterocycles. The molecule has 2 aromatic carbocycles. The Labute approximate surface area is 143 Å². The zero-order valence-electron chi connectivity index (χ0n) is 12.8. The van der Waals surface area contributed by atoms with E-state index in [2.05, 4.69) is 26.5 Å². The molecule has 0 spiro atoms. The van der Waals surface area contributed by atoms with Crippen molar-refractivity contribution in [2.24, 2.45) is 5.10 Å². The molecule has 2 aromatic rings. The van der Waals surface area contributed by atoms with Crippen LogP contribution in [0.1, 0.15) is 12.5 Å². The number of rotatable bonds is 6. The molecule has 0 unspecified atom stereocenters.